The van der Waals surface area contributed by atoms with Gasteiger partial charge in [0.15, 0.2) is 0 Å². The summed E-state index contributed by atoms with van der Waals surface area (Å²) in [5.74, 6) is 0.372. The second-order valence-corrected chi connectivity index (χ2v) is 13.0. The van der Waals surface area contributed by atoms with E-state index in [-0.39, 0.29) is 40.7 Å². The van der Waals surface area contributed by atoms with E-state index in [4.69, 9.17) is 19.2 Å². The zero-order chi connectivity index (χ0) is 25.4. The van der Waals surface area contributed by atoms with Gasteiger partial charge in [0.25, 0.3) is 0 Å². The van der Waals surface area contributed by atoms with E-state index in [1.54, 1.807) is 0 Å². The number of hydrogen-bond donors (Lipinski definition) is 0. The Morgan fingerprint density at radius 2 is 1.45 bits per heavy atom. The maximum atomic E-state index is 12.2. The van der Waals surface area contributed by atoms with Gasteiger partial charge in [-0.25, -0.2) is 9.78 Å². The molecule has 6 heteroatoms. The molecule has 192 valence electrons. The van der Waals surface area contributed by atoms with Crippen molar-refractivity contribution in [3.05, 3.63) is 0 Å². The lowest BCUT2D eigenvalue weighted by Crippen LogP contribution is -2.67. The van der Waals surface area contributed by atoms with Crippen molar-refractivity contribution in [2.45, 2.75) is 108 Å². The van der Waals surface area contributed by atoms with Gasteiger partial charge in [-0.2, -0.15) is 0 Å². The van der Waals surface area contributed by atoms with Crippen LogP contribution in [-0.4, -0.2) is 37.4 Å². The first kappa shape index (κ1) is 28.1. The second kappa shape index (κ2) is 9.85. The summed E-state index contributed by atoms with van der Waals surface area (Å²) in [6.07, 6.45) is 1.63. The van der Waals surface area contributed by atoms with Crippen LogP contribution >= 0.6 is 0 Å². The summed E-state index contributed by atoms with van der Waals surface area (Å²) in [7, 11) is 0. The zero-order valence-electron chi connectivity index (χ0n) is 22.9. The minimum atomic E-state index is -0.593. The predicted octanol–water partition coefficient (Wildman–Crippen LogP) is 5.97. The van der Waals surface area contributed by atoms with Crippen LogP contribution in [0.1, 0.15) is 95.4 Å². The van der Waals surface area contributed by atoms with Crippen molar-refractivity contribution in [1.82, 2.24) is 0 Å². The molecule has 7 atom stereocenters. The molecule has 0 aliphatic heterocycles. The number of fused-ring (bicyclic) bond motifs is 1. The quantitative estimate of drug-likeness (QED) is 0.207. The minimum Gasteiger partial charge on any atom is -0.459 e. The van der Waals surface area contributed by atoms with Crippen molar-refractivity contribution in [2.75, 3.05) is 13.2 Å². The SMILES string of the molecule is CCOOC[C@@]1(C)C2CCC(C(C)(C)C)C(C(C)(C)C)[C@@]2(C)C[C@@H](OC(C)=O)[C@@H]1OC(C)=O. The Labute approximate surface area is 201 Å². The third-order valence-corrected chi connectivity index (χ3v) is 8.33. The van der Waals surface area contributed by atoms with Gasteiger partial charge in [0.1, 0.15) is 12.2 Å². The molecule has 0 amide bonds. The van der Waals surface area contributed by atoms with Crippen LogP contribution in [-0.2, 0) is 28.8 Å². The Bertz CT molecular complexity index is 704. The van der Waals surface area contributed by atoms with Crippen LogP contribution < -0.4 is 0 Å². The molecule has 6 nitrogen and oxygen atoms in total. The molecule has 2 aliphatic carbocycles. The van der Waals surface area contributed by atoms with Crippen molar-refractivity contribution < 1.29 is 28.8 Å². The molecule has 0 radical (unpaired) electrons. The summed E-state index contributed by atoms with van der Waals surface area (Å²) in [5, 5.41) is 0. The van der Waals surface area contributed by atoms with Crippen LogP contribution in [0.4, 0.5) is 0 Å². The van der Waals surface area contributed by atoms with Crippen molar-refractivity contribution >= 4 is 11.9 Å². The van der Waals surface area contributed by atoms with Gasteiger partial charge in [0.2, 0.25) is 0 Å². The van der Waals surface area contributed by atoms with E-state index in [2.05, 4.69) is 55.4 Å². The van der Waals surface area contributed by atoms with Gasteiger partial charge >= 0.3 is 11.9 Å². The second-order valence-electron chi connectivity index (χ2n) is 13.0. The van der Waals surface area contributed by atoms with Gasteiger partial charge in [0.05, 0.1) is 13.2 Å². The van der Waals surface area contributed by atoms with E-state index < -0.39 is 17.6 Å². The Kier molecular flexibility index (Phi) is 8.39. The molecule has 0 heterocycles. The normalized spacial score (nSPS) is 37.2. The minimum absolute atomic E-state index is 0.0437. The highest BCUT2D eigenvalue weighted by molar-refractivity contribution is 5.67. The van der Waals surface area contributed by atoms with Crippen LogP contribution in [0.15, 0.2) is 0 Å². The third-order valence-electron chi connectivity index (χ3n) is 8.33. The molecule has 0 saturated heterocycles. The molecule has 0 aromatic heterocycles. The average molecular weight is 469 g/mol. The molecule has 0 aromatic rings. The number of rotatable bonds is 6. The molecule has 2 rings (SSSR count). The maximum Gasteiger partial charge on any atom is 0.303 e. The van der Waals surface area contributed by atoms with E-state index in [0.717, 1.165) is 12.8 Å². The largest absolute Gasteiger partial charge is 0.459 e. The lowest BCUT2D eigenvalue weighted by atomic mass is 9.39. The number of esters is 2. The molecule has 2 aliphatic rings. The number of carbonyl (C=O) groups excluding carboxylic acids is 2. The maximum absolute atomic E-state index is 12.2. The Hall–Kier alpha value is -1.14. The Morgan fingerprint density at radius 3 is 1.91 bits per heavy atom. The topological polar surface area (TPSA) is 71.1 Å². The smallest absolute Gasteiger partial charge is 0.303 e. The summed E-state index contributed by atoms with van der Waals surface area (Å²) in [6.45, 7) is 23.9. The molecule has 2 fully saturated rings. The number of carbonyl (C=O) groups is 2. The fraction of sp³-hybridized carbons (Fsp3) is 0.926. The van der Waals surface area contributed by atoms with E-state index in [0.29, 0.717) is 24.9 Å². The molecular weight excluding hydrogens is 420 g/mol. The Morgan fingerprint density at radius 1 is 0.879 bits per heavy atom. The van der Waals surface area contributed by atoms with Crippen molar-refractivity contribution in [3.8, 4) is 0 Å². The molecule has 0 N–H and O–H groups in total. The fourth-order valence-electron chi connectivity index (χ4n) is 7.70. The number of hydrogen-bond acceptors (Lipinski definition) is 6. The summed E-state index contributed by atoms with van der Waals surface area (Å²) in [6, 6.07) is 0. The predicted molar refractivity (Wildman–Crippen MR) is 128 cm³/mol. The summed E-state index contributed by atoms with van der Waals surface area (Å²) in [5.41, 5.74) is -0.522. The van der Waals surface area contributed by atoms with Gasteiger partial charge < -0.3 is 9.47 Å². The molecule has 2 saturated carbocycles. The van der Waals surface area contributed by atoms with Gasteiger partial charge in [-0.15, -0.1) is 0 Å². The van der Waals surface area contributed by atoms with Crippen LogP contribution in [0.5, 0.6) is 0 Å². The highest BCUT2D eigenvalue weighted by Gasteiger charge is 2.66. The fourth-order valence-corrected chi connectivity index (χ4v) is 7.70. The van der Waals surface area contributed by atoms with Gasteiger partial charge in [-0.1, -0.05) is 55.4 Å². The first-order chi connectivity index (χ1) is 15.0. The van der Waals surface area contributed by atoms with Crippen LogP contribution in [0, 0.1) is 39.4 Å². The van der Waals surface area contributed by atoms with Gasteiger partial charge in [-0.3, -0.25) is 9.59 Å². The molecule has 0 bridgehead atoms. The van der Waals surface area contributed by atoms with Crippen molar-refractivity contribution in [3.63, 3.8) is 0 Å². The molecule has 0 spiro atoms. The van der Waals surface area contributed by atoms with E-state index in [1.165, 1.54) is 13.8 Å². The zero-order valence-corrected chi connectivity index (χ0v) is 22.9. The highest BCUT2D eigenvalue weighted by Crippen LogP contribution is 2.67. The Balaban J connectivity index is 2.68. The summed E-state index contributed by atoms with van der Waals surface area (Å²) in [4.78, 5) is 35.3. The molecule has 33 heavy (non-hydrogen) atoms. The first-order valence-corrected chi connectivity index (χ1v) is 12.6. The number of ether oxygens (including phenoxy) is 2. The van der Waals surface area contributed by atoms with Crippen molar-refractivity contribution in [1.29, 1.82) is 0 Å². The summed E-state index contributed by atoms with van der Waals surface area (Å²) < 4.78 is 11.8. The lowest BCUT2D eigenvalue weighted by Gasteiger charge is -2.66. The van der Waals surface area contributed by atoms with Crippen LogP contribution in [0.3, 0.4) is 0 Å². The van der Waals surface area contributed by atoms with E-state index in [1.807, 2.05) is 6.92 Å². The molecular formula is C27H48O6. The van der Waals surface area contributed by atoms with Gasteiger partial charge in [-0.05, 0) is 60.2 Å². The summed E-state index contributed by atoms with van der Waals surface area (Å²) >= 11 is 0. The molecule has 0 aromatic carbocycles. The molecule has 3 unspecified atom stereocenters. The van der Waals surface area contributed by atoms with Crippen LogP contribution in [0.2, 0.25) is 0 Å². The first-order valence-electron chi connectivity index (χ1n) is 12.6. The van der Waals surface area contributed by atoms with Crippen molar-refractivity contribution in [2.24, 2.45) is 39.4 Å². The average Bonchev–Trinajstić information content (AvgIpc) is 2.61. The standard InChI is InChI=1S/C27H48O6/c1-12-30-31-16-27(11)21-14-13-19(24(4,5)6)22(25(7,8)9)26(21,10)15-20(32-17(2)28)23(27)33-18(3)29/h19-23H,12-16H2,1-11H3/t19?,20-,21?,22?,23+,26+,27+/m1/s1. The monoisotopic (exact) mass is 468 g/mol. The third kappa shape index (κ3) is 5.75. The van der Waals surface area contributed by atoms with E-state index in [9.17, 15) is 9.59 Å². The van der Waals surface area contributed by atoms with E-state index >= 15 is 0 Å². The lowest BCUT2D eigenvalue weighted by molar-refractivity contribution is -0.335. The van der Waals surface area contributed by atoms with Crippen LogP contribution in [0.25, 0.3) is 0 Å². The van der Waals surface area contributed by atoms with Gasteiger partial charge in [0, 0.05) is 19.3 Å². The highest BCUT2D eigenvalue weighted by atomic mass is 17.2.